The molecule has 8 heteroatoms. The van der Waals surface area contributed by atoms with Crippen LogP contribution in [0.15, 0.2) is 59.8 Å². The number of hydrogen-bond donors (Lipinski definition) is 1. The Morgan fingerprint density at radius 2 is 1.96 bits per heavy atom. The monoisotopic (exact) mass is 418 g/mol. The maximum absolute atomic E-state index is 12.3. The van der Waals surface area contributed by atoms with Gasteiger partial charge in [0.05, 0.1) is 0 Å². The molecule has 0 aliphatic rings. The Morgan fingerprint density at radius 3 is 2.70 bits per heavy atom. The molecule has 1 aromatic heterocycles. The van der Waals surface area contributed by atoms with Gasteiger partial charge in [-0.2, -0.15) is 0 Å². The van der Waals surface area contributed by atoms with Crippen LogP contribution in [0, 0.1) is 6.92 Å². The normalized spacial score (nSPS) is 11.1. The molecule has 0 aliphatic carbocycles. The average molecular weight is 419 g/mol. The van der Waals surface area contributed by atoms with E-state index in [9.17, 15) is 4.79 Å². The zero-order valence-electron chi connectivity index (χ0n) is 14.4. The van der Waals surface area contributed by atoms with E-state index in [4.69, 9.17) is 23.2 Å². The molecule has 0 spiro atoms. The predicted molar refractivity (Wildman–Crippen MR) is 111 cm³/mol. The van der Waals surface area contributed by atoms with E-state index in [0.717, 1.165) is 5.75 Å². The smallest absolute Gasteiger partial charge is 0.262 e. The second-order valence-corrected chi connectivity index (χ2v) is 7.40. The molecule has 1 N–H and O–H groups in total. The summed E-state index contributed by atoms with van der Waals surface area (Å²) in [6.45, 7) is 1.78. The van der Waals surface area contributed by atoms with Crippen LogP contribution >= 0.6 is 35.0 Å². The van der Waals surface area contributed by atoms with Gasteiger partial charge < -0.3 is 0 Å². The van der Waals surface area contributed by atoms with E-state index in [1.807, 2.05) is 30.3 Å². The van der Waals surface area contributed by atoms with E-state index in [2.05, 4.69) is 15.6 Å². The summed E-state index contributed by atoms with van der Waals surface area (Å²) < 4.78 is 1.57. The van der Waals surface area contributed by atoms with E-state index >= 15 is 0 Å². The van der Waals surface area contributed by atoms with Crippen molar-refractivity contribution < 1.29 is 4.79 Å². The number of nitrogens with one attached hydrogen (secondary N) is 1. The van der Waals surface area contributed by atoms with E-state index in [1.165, 1.54) is 23.4 Å². The van der Waals surface area contributed by atoms with Crippen LogP contribution in [-0.4, -0.2) is 20.8 Å². The van der Waals surface area contributed by atoms with Crippen LogP contribution in [0.2, 0.25) is 10.0 Å². The highest BCUT2D eigenvalue weighted by Gasteiger charge is 2.11. The topological polar surface area (TPSA) is 59.8 Å². The molecule has 138 valence electrons. The summed E-state index contributed by atoms with van der Waals surface area (Å²) >= 11 is 13.5. The van der Waals surface area contributed by atoms with Gasteiger partial charge in [-0.25, -0.2) is 4.68 Å². The first-order chi connectivity index (χ1) is 13.0. The Morgan fingerprint density at radius 1 is 1.19 bits per heavy atom. The van der Waals surface area contributed by atoms with Crippen molar-refractivity contribution in [2.24, 2.45) is 0 Å². The van der Waals surface area contributed by atoms with Crippen molar-refractivity contribution in [2.45, 2.75) is 17.8 Å². The molecule has 27 heavy (non-hydrogen) atoms. The fourth-order valence-corrected chi connectivity index (χ4v) is 3.60. The van der Waals surface area contributed by atoms with Crippen molar-refractivity contribution in [3.05, 3.63) is 81.6 Å². The number of hydrogen-bond acceptors (Lipinski definition) is 4. The van der Waals surface area contributed by atoms with E-state index in [-0.39, 0.29) is 5.91 Å². The third-order valence-electron chi connectivity index (χ3n) is 3.60. The molecule has 1 heterocycles. The Hall–Kier alpha value is -2.28. The quantitative estimate of drug-likeness (QED) is 0.453. The van der Waals surface area contributed by atoms with Crippen molar-refractivity contribution in [2.75, 3.05) is 5.43 Å². The van der Waals surface area contributed by atoms with Gasteiger partial charge in [0.15, 0.2) is 0 Å². The molecule has 0 saturated carbocycles. The van der Waals surface area contributed by atoms with Gasteiger partial charge in [0, 0.05) is 21.9 Å². The third-order valence-corrected chi connectivity index (χ3v) is 5.17. The minimum Gasteiger partial charge on any atom is -0.268 e. The lowest BCUT2D eigenvalue weighted by Gasteiger charge is -2.08. The zero-order chi connectivity index (χ0) is 19.2. The minimum atomic E-state index is -0.314. The summed E-state index contributed by atoms with van der Waals surface area (Å²) in [7, 11) is 0. The number of aromatic nitrogens is 3. The molecule has 0 radical (unpaired) electrons. The molecule has 0 saturated heterocycles. The van der Waals surface area contributed by atoms with Crippen LogP contribution < -0.4 is 5.43 Å². The molecule has 1 amide bonds. The fraction of sp³-hybridized carbons (Fsp3) is 0.105. The third kappa shape index (κ3) is 5.35. The highest BCUT2D eigenvalue weighted by Crippen LogP contribution is 2.22. The zero-order valence-corrected chi connectivity index (χ0v) is 16.7. The molecule has 3 aromatic rings. The summed E-state index contributed by atoms with van der Waals surface area (Å²) in [5, 5.41) is 9.80. The first-order valence-corrected chi connectivity index (χ1v) is 9.80. The average Bonchev–Trinajstić information content (AvgIpc) is 3.00. The number of benzene rings is 2. The van der Waals surface area contributed by atoms with Gasteiger partial charge in [-0.15, -0.1) is 10.2 Å². The molecule has 0 unspecified atom stereocenters. The summed E-state index contributed by atoms with van der Waals surface area (Å²) in [5.41, 5.74) is 4.64. The molecular weight excluding hydrogens is 403 g/mol. The van der Waals surface area contributed by atoms with Gasteiger partial charge in [0.25, 0.3) is 5.91 Å². The van der Waals surface area contributed by atoms with Crippen molar-refractivity contribution in [1.29, 1.82) is 0 Å². The molecule has 2 aromatic carbocycles. The Kier molecular flexibility index (Phi) is 6.55. The van der Waals surface area contributed by atoms with Crippen molar-refractivity contribution in [3.63, 3.8) is 0 Å². The minimum absolute atomic E-state index is 0.314. The van der Waals surface area contributed by atoms with Crippen LogP contribution in [0.3, 0.4) is 0 Å². The van der Waals surface area contributed by atoms with Gasteiger partial charge in [-0.3, -0.25) is 10.2 Å². The molecule has 0 fully saturated rings. The fourth-order valence-electron chi connectivity index (χ4n) is 2.24. The maximum atomic E-state index is 12.3. The number of nitrogens with zero attached hydrogens (tertiary/aromatic N) is 3. The van der Waals surface area contributed by atoms with Crippen molar-refractivity contribution >= 4 is 46.9 Å². The second kappa shape index (κ2) is 9.08. The number of rotatable bonds is 6. The molecule has 0 bridgehead atoms. The van der Waals surface area contributed by atoms with Crippen LogP contribution in [0.1, 0.15) is 17.0 Å². The second-order valence-electron chi connectivity index (χ2n) is 5.61. The van der Waals surface area contributed by atoms with Crippen molar-refractivity contribution in [1.82, 2.24) is 14.9 Å². The standard InChI is InChI=1S/C19H16Cl2N4OS/c1-13-22-23-19(27-12-14-5-3-2-4-6-14)25(13)24-18(26)10-8-15-7-9-16(20)11-17(15)21/h2-11H,12H2,1H3,(H,24,26). The maximum Gasteiger partial charge on any atom is 0.262 e. The summed E-state index contributed by atoms with van der Waals surface area (Å²) in [4.78, 5) is 12.3. The summed E-state index contributed by atoms with van der Waals surface area (Å²) in [6.07, 6.45) is 3.03. The van der Waals surface area contributed by atoms with Crippen LogP contribution in [0.4, 0.5) is 0 Å². The van der Waals surface area contributed by atoms with E-state index in [1.54, 1.807) is 35.9 Å². The summed E-state index contributed by atoms with van der Waals surface area (Å²) in [6, 6.07) is 15.1. The highest BCUT2D eigenvalue weighted by atomic mass is 35.5. The van der Waals surface area contributed by atoms with Gasteiger partial charge in [-0.05, 0) is 36.3 Å². The lowest BCUT2D eigenvalue weighted by Crippen LogP contribution is -2.22. The molecule has 0 atom stereocenters. The predicted octanol–water partition coefficient (Wildman–Crippen LogP) is 4.97. The van der Waals surface area contributed by atoms with Gasteiger partial charge in [-0.1, -0.05) is 71.4 Å². The number of amides is 1. The number of thioether (sulfide) groups is 1. The highest BCUT2D eigenvalue weighted by molar-refractivity contribution is 7.98. The summed E-state index contributed by atoms with van der Waals surface area (Å²) in [5.74, 6) is 1.01. The number of carbonyl (C=O) groups excluding carboxylic acids is 1. The first kappa shape index (κ1) is 19.5. The van der Waals surface area contributed by atoms with E-state index < -0.39 is 0 Å². The molecule has 3 rings (SSSR count). The molecule has 0 aliphatic heterocycles. The van der Waals surface area contributed by atoms with Crippen LogP contribution in [0.5, 0.6) is 0 Å². The largest absolute Gasteiger partial charge is 0.268 e. The van der Waals surface area contributed by atoms with Gasteiger partial charge >= 0.3 is 0 Å². The lowest BCUT2D eigenvalue weighted by molar-refractivity contribution is -0.112. The Bertz CT molecular complexity index is 973. The Balaban J connectivity index is 1.67. The molecular formula is C19H16Cl2N4OS. The lowest BCUT2D eigenvalue weighted by atomic mass is 10.2. The van der Waals surface area contributed by atoms with Crippen molar-refractivity contribution in [3.8, 4) is 0 Å². The van der Waals surface area contributed by atoms with Crippen LogP contribution in [0.25, 0.3) is 6.08 Å². The number of aryl methyl sites for hydroxylation is 1. The van der Waals surface area contributed by atoms with Crippen LogP contribution in [-0.2, 0) is 10.5 Å². The van der Waals surface area contributed by atoms with Gasteiger partial charge in [0.2, 0.25) is 5.16 Å². The first-order valence-electron chi connectivity index (χ1n) is 8.06. The number of halogens is 2. The molecule has 5 nitrogen and oxygen atoms in total. The van der Waals surface area contributed by atoms with Gasteiger partial charge in [0.1, 0.15) is 5.82 Å². The van der Waals surface area contributed by atoms with E-state index in [0.29, 0.717) is 26.6 Å². The number of carbonyl (C=O) groups is 1. The Labute approximate surface area is 171 Å². The SMILES string of the molecule is Cc1nnc(SCc2ccccc2)n1NC(=O)C=Cc1ccc(Cl)cc1Cl.